The van der Waals surface area contributed by atoms with Gasteiger partial charge in [0.05, 0.1) is 0 Å². The molecular weight excluding hydrogens is 334 g/mol. The lowest BCUT2D eigenvalue weighted by Crippen LogP contribution is -2.43. The van der Waals surface area contributed by atoms with E-state index >= 15 is 0 Å². The molecule has 0 fully saturated rings. The van der Waals surface area contributed by atoms with Gasteiger partial charge in [-0.2, -0.15) is 0 Å². The molecule has 0 atom stereocenters. The van der Waals surface area contributed by atoms with Crippen molar-refractivity contribution in [2.75, 3.05) is 33.4 Å². The molecule has 1 aromatic heterocycles. The van der Waals surface area contributed by atoms with Gasteiger partial charge in [0.1, 0.15) is 18.7 Å². The normalized spacial score (nSPS) is 12.1. The van der Waals surface area contributed by atoms with E-state index in [0.717, 1.165) is 25.2 Å². The monoisotopic (exact) mass is 367 g/mol. The maximum atomic E-state index is 12.0. The predicted molar refractivity (Wildman–Crippen MR) is 102 cm³/mol. The number of nitrogens with zero attached hydrogens (tertiary/aromatic N) is 4. The van der Waals surface area contributed by atoms with E-state index in [0.29, 0.717) is 25.7 Å². The summed E-state index contributed by atoms with van der Waals surface area (Å²) in [6.07, 6.45) is 3.42. The van der Waals surface area contributed by atoms with E-state index in [2.05, 4.69) is 31.1 Å². The van der Waals surface area contributed by atoms with Crippen LogP contribution in [0.25, 0.3) is 0 Å². The van der Waals surface area contributed by atoms with E-state index in [4.69, 9.17) is 4.74 Å². The number of carbonyl (C=O) groups excluding carboxylic acids is 1. The minimum Gasteiger partial charge on any atom is -0.385 e. The van der Waals surface area contributed by atoms with Crippen LogP contribution in [0.15, 0.2) is 11.3 Å². The summed E-state index contributed by atoms with van der Waals surface area (Å²) in [6.45, 7) is 10.7. The van der Waals surface area contributed by atoms with Crippen molar-refractivity contribution < 1.29 is 9.53 Å². The van der Waals surface area contributed by atoms with Gasteiger partial charge < -0.3 is 25.3 Å². The van der Waals surface area contributed by atoms with Crippen molar-refractivity contribution in [3.8, 4) is 0 Å². The van der Waals surface area contributed by atoms with Crippen LogP contribution in [-0.4, -0.2) is 65.5 Å². The summed E-state index contributed by atoms with van der Waals surface area (Å²) in [5, 5.41) is 17.4. The van der Waals surface area contributed by atoms with Gasteiger partial charge in [-0.1, -0.05) is 6.92 Å². The van der Waals surface area contributed by atoms with E-state index in [1.807, 2.05) is 32.3 Å². The van der Waals surface area contributed by atoms with Crippen molar-refractivity contribution in [2.45, 2.75) is 52.6 Å². The zero-order chi connectivity index (χ0) is 19.4. The topological polar surface area (TPSA) is 105 Å². The number of nitrogens with one attached hydrogen (secondary N) is 3. The van der Waals surface area contributed by atoms with Crippen molar-refractivity contribution >= 4 is 11.9 Å². The number of methoxy groups -OCH3 is 1. The third-order valence-electron chi connectivity index (χ3n) is 3.37. The lowest BCUT2D eigenvalue weighted by molar-refractivity contribution is -0.121. The Morgan fingerprint density at radius 2 is 2.04 bits per heavy atom. The van der Waals surface area contributed by atoms with E-state index in [1.54, 1.807) is 13.4 Å². The Bertz CT molecular complexity index is 564. The average Bonchev–Trinajstić information content (AvgIpc) is 3.01. The number of hydrogen-bond acceptors (Lipinski definition) is 5. The number of amides is 1. The van der Waals surface area contributed by atoms with Crippen LogP contribution < -0.4 is 16.0 Å². The first-order valence-corrected chi connectivity index (χ1v) is 9.04. The minimum atomic E-state index is -0.267. The van der Waals surface area contributed by atoms with E-state index in [9.17, 15) is 4.79 Å². The first kappa shape index (κ1) is 21.9. The Kier molecular flexibility index (Phi) is 9.64. The molecule has 0 aromatic carbocycles. The third kappa shape index (κ3) is 9.36. The van der Waals surface area contributed by atoms with Crippen molar-refractivity contribution in [3.63, 3.8) is 0 Å². The Morgan fingerprint density at radius 3 is 2.69 bits per heavy atom. The van der Waals surface area contributed by atoms with E-state index < -0.39 is 0 Å². The number of ether oxygens (including phenoxy) is 1. The Balaban J connectivity index is 2.53. The molecule has 0 saturated heterocycles. The third-order valence-corrected chi connectivity index (χ3v) is 3.37. The predicted octanol–water partition coefficient (Wildman–Crippen LogP) is 0.327. The van der Waals surface area contributed by atoms with Crippen LogP contribution in [0.4, 0.5) is 0 Å². The van der Waals surface area contributed by atoms with Crippen LogP contribution in [0.1, 0.15) is 39.9 Å². The number of aliphatic imine (C=N–C) groups is 1. The number of aromatic nitrogens is 3. The summed E-state index contributed by atoms with van der Waals surface area (Å²) in [6, 6.07) is 0. The Morgan fingerprint density at radius 1 is 1.31 bits per heavy atom. The zero-order valence-corrected chi connectivity index (χ0v) is 16.6. The summed E-state index contributed by atoms with van der Waals surface area (Å²) < 4.78 is 7.05. The number of aryl methyl sites for hydroxylation is 1. The van der Waals surface area contributed by atoms with Gasteiger partial charge in [0.2, 0.25) is 5.91 Å². The summed E-state index contributed by atoms with van der Waals surface area (Å²) in [4.78, 5) is 16.3. The van der Waals surface area contributed by atoms with Crippen LogP contribution in [-0.2, 0) is 22.5 Å². The maximum Gasteiger partial charge on any atom is 0.242 e. The molecule has 9 nitrogen and oxygen atoms in total. The number of hydrogen-bond donors (Lipinski definition) is 3. The van der Waals surface area contributed by atoms with Gasteiger partial charge in [-0.25, -0.2) is 4.99 Å². The molecule has 1 amide bonds. The molecule has 0 saturated carbocycles. The van der Waals surface area contributed by atoms with E-state index in [1.165, 1.54) is 0 Å². The molecule has 148 valence electrons. The molecule has 1 heterocycles. The highest BCUT2D eigenvalue weighted by Gasteiger charge is 2.13. The number of carbonyl (C=O) groups is 1. The molecule has 3 N–H and O–H groups in total. The lowest BCUT2D eigenvalue weighted by atomic mass is 10.1. The fourth-order valence-electron chi connectivity index (χ4n) is 2.24. The van der Waals surface area contributed by atoms with Crippen LogP contribution in [0, 0.1) is 0 Å². The summed E-state index contributed by atoms with van der Waals surface area (Å²) in [5.74, 6) is 1.45. The number of guanidine groups is 1. The molecule has 0 aliphatic rings. The molecule has 0 unspecified atom stereocenters. The molecule has 0 radical (unpaired) electrons. The molecule has 0 spiro atoms. The quantitative estimate of drug-likeness (QED) is 0.313. The molecule has 26 heavy (non-hydrogen) atoms. The first-order chi connectivity index (χ1) is 12.4. The molecule has 9 heteroatoms. The largest absolute Gasteiger partial charge is 0.385 e. The summed E-state index contributed by atoms with van der Waals surface area (Å²) in [5.41, 5.74) is -0.267. The van der Waals surface area contributed by atoms with Crippen LogP contribution in [0.2, 0.25) is 0 Å². The fraction of sp³-hybridized carbons (Fsp3) is 0.765. The van der Waals surface area contributed by atoms with Gasteiger partial charge in [-0.05, 0) is 27.2 Å². The van der Waals surface area contributed by atoms with Gasteiger partial charge in [0.25, 0.3) is 0 Å². The fourth-order valence-corrected chi connectivity index (χ4v) is 2.24. The average molecular weight is 367 g/mol. The smallest absolute Gasteiger partial charge is 0.242 e. The Labute approximate surface area is 156 Å². The van der Waals surface area contributed by atoms with Gasteiger partial charge >= 0.3 is 0 Å². The highest BCUT2D eigenvalue weighted by atomic mass is 16.5. The zero-order valence-electron chi connectivity index (χ0n) is 16.6. The van der Waals surface area contributed by atoms with Crippen molar-refractivity contribution in [1.29, 1.82) is 0 Å². The van der Waals surface area contributed by atoms with Crippen molar-refractivity contribution in [1.82, 2.24) is 30.7 Å². The van der Waals surface area contributed by atoms with Crippen molar-refractivity contribution in [2.24, 2.45) is 4.99 Å². The molecular formula is C17H33N7O2. The van der Waals surface area contributed by atoms with Gasteiger partial charge in [0.15, 0.2) is 5.96 Å². The molecule has 0 aliphatic heterocycles. The number of rotatable bonds is 10. The maximum absolute atomic E-state index is 12.0. The molecule has 1 aromatic rings. The van der Waals surface area contributed by atoms with Gasteiger partial charge in [-0.3, -0.25) is 4.79 Å². The van der Waals surface area contributed by atoms with Crippen LogP contribution in [0.3, 0.4) is 0 Å². The Hall–Kier alpha value is -2.16. The summed E-state index contributed by atoms with van der Waals surface area (Å²) in [7, 11) is 1.68. The summed E-state index contributed by atoms with van der Waals surface area (Å²) >= 11 is 0. The van der Waals surface area contributed by atoms with E-state index in [-0.39, 0.29) is 18.0 Å². The molecule has 1 rings (SSSR count). The first-order valence-electron chi connectivity index (χ1n) is 9.04. The second-order valence-corrected chi connectivity index (χ2v) is 6.96. The molecule has 0 aliphatic carbocycles. The molecule has 0 bridgehead atoms. The van der Waals surface area contributed by atoms with Crippen LogP contribution >= 0.6 is 0 Å². The van der Waals surface area contributed by atoms with Gasteiger partial charge in [-0.15, -0.1) is 10.2 Å². The van der Waals surface area contributed by atoms with Crippen molar-refractivity contribution in [3.05, 3.63) is 12.2 Å². The second-order valence-electron chi connectivity index (χ2n) is 6.96. The SMILES string of the molecule is CCc1nncn1CCNC(=NCC(=O)NC(C)(C)C)NCCCOC. The highest BCUT2D eigenvalue weighted by Crippen LogP contribution is 1.98. The second kappa shape index (κ2) is 11.5. The lowest BCUT2D eigenvalue weighted by Gasteiger charge is -2.20. The standard InChI is InChI=1S/C17H33N7O2/c1-6-14-23-21-13-24(14)10-9-19-16(18-8-7-11-26-5)20-12-15(25)22-17(2,3)4/h13H,6-12H2,1-5H3,(H,22,25)(H2,18,19,20). The van der Waals surface area contributed by atoms with Crippen LogP contribution in [0.5, 0.6) is 0 Å². The minimum absolute atomic E-state index is 0.0731. The van der Waals surface area contributed by atoms with Gasteiger partial charge in [0, 0.05) is 45.3 Å². The highest BCUT2D eigenvalue weighted by molar-refractivity contribution is 5.85.